The first-order valence-corrected chi connectivity index (χ1v) is 13.8. The van der Waals surface area contributed by atoms with Crippen molar-refractivity contribution in [1.82, 2.24) is 10.2 Å². The number of nitrogens with one attached hydrogen (secondary N) is 1. The van der Waals surface area contributed by atoms with Crippen LogP contribution in [-0.4, -0.2) is 50.0 Å². The first-order valence-electron chi connectivity index (χ1n) is 11.9. The molecule has 35 heavy (non-hydrogen) atoms. The second-order valence-electron chi connectivity index (χ2n) is 9.27. The molecule has 0 saturated heterocycles. The Morgan fingerprint density at radius 3 is 2.20 bits per heavy atom. The third-order valence-corrected chi connectivity index (χ3v) is 7.53. The van der Waals surface area contributed by atoms with Crippen LogP contribution in [0.5, 0.6) is 0 Å². The van der Waals surface area contributed by atoms with Crippen molar-refractivity contribution in [3.8, 4) is 0 Å². The van der Waals surface area contributed by atoms with Crippen LogP contribution in [0.1, 0.15) is 50.2 Å². The molecule has 0 aromatic heterocycles. The number of carbonyl (C=O) groups excluding carboxylic acids is 2. The van der Waals surface area contributed by atoms with Crippen LogP contribution >= 0.6 is 0 Å². The number of rotatable bonds is 9. The molecule has 190 valence electrons. The summed E-state index contributed by atoms with van der Waals surface area (Å²) in [6.07, 6.45) is 6.10. The summed E-state index contributed by atoms with van der Waals surface area (Å²) in [5.41, 5.74) is 2.07. The standard InChI is InChI=1S/C26H34FN3O4S/c1-19-9-11-21(12-10-19)17-29(20(2)26(32)28-23-7-5-4-6-8-23)25(31)18-30(35(3,33)34)24-15-13-22(27)14-16-24/h9-16,20,23H,4-8,17-18H2,1-3H3,(H,28,32)/t20-/m1/s1. The minimum absolute atomic E-state index is 0.0850. The van der Waals surface area contributed by atoms with Crippen molar-refractivity contribution in [2.45, 2.75) is 64.6 Å². The number of anilines is 1. The highest BCUT2D eigenvalue weighted by molar-refractivity contribution is 7.92. The van der Waals surface area contributed by atoms with E-state index in [0.717, 1.165) is 65.9 Å². The summed E-state index contributed by atoms with van der Waals surface area (Å²) in [6.45, 7) is 3.27. The van der Waals surface area contributed by atoms with Gasteiger partial charge in [-0.1, -0.05) is 49.1 Å². The molecule has 1 aliphatic rings. The molecule has 2 amide bonds. The number of hydrogen-bond acceptors (Lipinski definition) is 4. The van der Waals surface area contributed by atoms with Crippen LogP contribution in [0.25, 0.3) is 0 Å². The quantitative estimate of drug-likeness (QED) is 0.565. The lowest BCUT2D eigenvalue weighted by atomic mass is 9.95. The van der Waals surface area contributed by atoms with E-state index in [-0.39, 0.29) is 24.2 Å². The van der Waals surface area contributed by atoms with Gasteiger partial charge in [0.25, 0.3) is 0 Å². The van der Waals surface area contributed by atoms with Crippen LogP contribution in [0.2, 0.25) is 0 Å². The number of nitrogens with zero attached hydrogens (tertiary/aromatic N) is 2. The molecule has 0 bridgehead atoms. The zero-order valence-electron chi connectivity index (χ0n) is 20.5. The van der Waals surface area contributed by atoms with E-state index in [1.807, 2.05) is 31.2 Å². The van der Waals surface area contributed by atoms with Crippen LogP contribution in [0.3, 0.4) is 0 Å². The van der Waals surface area contributed by atoms with Crippen molar-refractivity contribution >= 4 is 27.5 Å². The van der Waals surface area contributed by atoms with E-state index in [4.69, 9.17) is 0 Å². The number of hydrogen-bond donors (Lipinski definition) is 1. The van der Waals surface area contributed by atoms with Crippen molar-refractivity contribution in [3.63, 3.8) is 0 Å². The molecule has 7 nitrogen and oxygen atoms in total. The predicted octanol–water partition coefficient (Wildman–Crippen LogP) is 3.77. The summed E-state index contributed by atoms with van der Waals surface area (Å²) in [7, 11) is -3.84. The van der Waals surface area contributed by atoms with Gasteiger partial charge in [0.2, 0.25) is 21.8 Å². The summed E-state index contributed by atoms with van der Waals surface area (Å²) >= 11 is 0. The number of carbonyl (C=O) groups is 2. The van der Waals surface area contributed by atoms with Crippen molar-refractivity contribution in [1.29, 1.82) is 0 Å². The number of amides is 2. The van der Waals surface area contributed by atoms with Gasteiger partial charge < -0.3 is 10.2 Å². The highest BCUT2D eigenvalue weighted by Gasteiger charge is 2.31. The summed E-state index contributed by atoms with van der Waals surface area (Å²) < 4.78 is 39.4. The first kappa shape index (κ1) is 26.7. The molecular weight excluding hydrogens is 469 g/mol. The fourth-order valence-corrected chi connectivity index (χ4v) is 5.11. The van der Waals surface area contributed by atoms with E-state index in [0.29, 0.717) is 0 Å². The van der Waals surface area contributed by atoms with E-state index < -0.39 is 34.3 Å². The topological polar surface area (TPSA) is 86.8 Å². The maximum absolute atomic E-state index is 13.5. The minimum atomic E-state index is -3.84. The number of halogens is 1. The lowest BCUT2D eigenvalue weighted by Gasteiger charge is -2.33. The molecule has 9 heteroatoms. The fraction of sp³-hybridized carbons (Fsp3) is 0.462. The predicted molar refractivity (Wildman–Crippen MR) is 135 cm³/mol. The monoisotopic (exact) mass is 503 g/mol. The SMILES string of the molecule is Cc1ccc(CN(C(=O)CN(c2ccc(F)cc2)S(C)(=O)=O)[C@H](C)C(=O)NC2CCCCC2)cc1. The summed E-state index contributed by atoms with van der Waals surface area (Å²) in [6, 6.07) is 11.8. The van der Waals surface area contributed by atoms with Gasteiger partial charge in [-0.05, 0) is 56.5 Å². The van der Waals surface area contributed by atoms with Crippen LogP contribution in [-0.2, 0) is 26.2 Å². The van der Waals surface area contributed by atoms with Crippen molar-refractivity contribution in [2.24, 2.45) is 0 Å². The number of benzene rings is 2. The normalized spacial score (nSPS) is 15.3. The maximum Gasteiger partial charge on any atom is 0.244 e. The molecule has 3 rings (SSSR count). The Balaban J connectivity index is 1.85. The molecule has 2 aromatic carbocycles. The maximum atomic E-state index is 13.5. The Morgan fingerprint density at radius 1 is 1.03 bits per heavy atom. The molecule has 1 aliphatic carbocycles. The van der Waals surface area contributed by atoms with Gasteiger partial charge >= 0.3 is 0 Å². The summed E-state index contributed by atoms with van der Waals surface area (Å²) in [5, 5.41) is 3.06. The Kier molecular flexibility index (Phi) is 8.88. The molecule has 0 unspecified atom stereocenters. The van der Waals surface area contributed by atoms with Crippen LogP contribution < -0.4 is 9.62 Å². The average Bonchev–Trinajstić information content (AvgIpc) is 2.82. The largest absolute Gasteiger partial charge is 0.352 e. The number of aryl methyl sites for hydroxylation is 1. The first-order chi connectivity index (χ1) is 16.5. The molecule has 1 atom stereocenters. The zero-order chi connectivity index (χ0) is 25.6. The summed E-state index contributed by atoms with van der Waals surface area (Å²) in [5.74, 6) is -1.29. The highest BCUT2D eigenvalue weighted by atomic mass is 32.2. The van der Waals surface area contributed by atoms with Gasteiger partial charge in [-0.15, -0.1) is 0 Å². The molecule has 1 saturated carbocycles. The third-order valence-electron chi connectivity index (χ3n) is 6.39. The van der Waals surface area contributed by atoms with Gasteiger partial charge in [0.15, 0.2) is 0 Å². The van der Waals surface area contributed by atoms with Gasteiger partial charge in [-0.25, -0.2) is 12.8 Å². The average molecular weight is 504 g/mol. The van der Waals surface area contributed by atoms with Crippen LogP contribution in [0.15, 0.2) is 48.5 Å². The Morgan fingerprint density at radius 2 is 1.63 bits per heavy atom. The van der Waals surface area contributed by atoms with Crippen LogP contribution in [0.4, 0.5) is 10.1 Å². The van der Waals surface area contributed by atoms with E-state index in [2.05, 4.69) is 5.32 Å². The van der Waals surface area contributed by atoms with E-state index in [1.54, 1.807) is 6.92 Å². The molecule has 0 radical (unpaired) electrons. The lowest BCUT2D eigenvalue weighted by Crippen LogP contribution is -2.52. The van der Waals surface area contributed by atoms with Crippen molar-refractivity contribution in [2.75, 3.05) is 17.1 Å². The van der Waals surface area contributed by atoms with E-state index in [9.17, 15) is 22.4 Å². The molecule has 1 fully saturated rings. The highest BCUT2D eigenvalue weighted by Crippen LogP contribution is 2.21. The third kappa shape index (κ3) is 7.52. The van der Waals surface area contributed by atoms with Crippen molar-refractivity contribution < 1.29 is 22.4 Å². The molecule has 1 N–H and O–H groups in total. The van der Waals surface area contributed by atoms with E-state index >= 15 is 0 Å². The smallest absolute Gasteiger partial charge is 0.244 e. The zero-order valence-corrected chi connectivity index (χ0v) is 21.4. The molecule has 0 spiro atoms. The van der Waals surface area contributed by atoms with Gasteiger partial charge in [0, 0.05) is 12.6 Å². The fourth-order valence-electron chi connectivity index (χ4n) is 4.26. The Bertz CT molecular complexity index is 1110. The van der Waals surface area contributed by atoms with Gasteiger partial charge in [0.05, 0.1) is 11.9 Å². The van der Waals surface area contributed by atoms with Gasteiger partial charge in [-0.3, -0.25) is 13.9 Å². The number of sulfonamides is 1. The lowest BCUT2D eigenvalue weighted by molar-refractivity contribution is -0.139. The van der Waals surface area contributed by atoms with Gasteiger partial charge in [-0.2, -0.15) is 0 Å². The minimum Gasteiger partial charge on any atom is -0.352 e. The summed E-state index contributed by atoms with van der Waals surface area (Å²) in [4.78, 5) is 28.0. The van der Waals surface area contributed by atoms with Crippen LogP contribution in [0, 0.1) is 12.7 Å². The molecule has 2 aromatic rings. The molecule has 0 heterocycles. The Labute approximate surface area is 207 Å². The Hall–Kier alpha value is -2.94. The second-order valence-corrected chi connectivity index (χ2v) is 11.2. The molecular formula is C26H34FN3O4S. The molecule has 0 aliphatic heterocycles. The van der Waals surface area contributed by atoms with E-state index in [1.165, 1.54) is 17.0 Å². The van der Waals surface area contributed by atoms with Gasteiger partial charge in [0.1, 0.15) is 18.4 Å². The van der Waals surface area contributed by atoms with Crippen molar-refractivity contribution in [3.05, 3.63) is 65.5 Å². The second kappa shape index (κ2) is 11.7.